The van der Waals surface area contributed by atoms with Crippen LogP contribution in [0.4, 0.5) is 0 Å². The Labute approximate surface area is 60.1 Å². The molecule has 10 heavy (non-hydrogen) atoms. The maximum atomic E-state index is 11.0. The molecular weight excluding hydrogens is 153 g/mol. The third kappa shape index (κ3) is 4.53. The fraction of sp³-hybridized carbons (Fsp3) is 0.800. The molecule has 0 amide bonds. The van der Waals surface area contributed by atoms with E-state index in [9.17, 15) is 9.36 Å². The van der Waals surface area contributed by atoms with Crippen LogP contribution in [0.25, 0.3) is 0 Å². The van der Waals surface area contributed by atoms with E-state index in [1.54, 1.807) is 0 Å². The largest absolute Gasteiger partial charge is 0.480 e. The lowest BCUT2D eigenvalue weighted by Crippen LogP contribution is -2.30. The van der Waals surface area contributed by atoms with Gasteiger partial charge in [0, 0.05) is 13.3 Å². The Kier molecular flexibility index (Phi) is 3.06. The summed E-state index contributed by atoms with van der Waals surface area (Å²) in [5, 5.41) is 10.8. The first-order valence-corrected chi connectivity index (χ1v) is 5.48. The molecule has 0 heterocycles. The second kappa shape index (κ2) is 3.17. The van der Waals surface area contributed by atoms with E-state index in [1.807, 2.05) is 0 Å². The molecule has 60 valence electrons. The summed E-state index contributed by atoms with van der Waals surface area (Å²) in [7, 11) is -2.41. The van der Waals surface area contributed by atoms with Crippen molar-refractivity contribution in [1.82, 2.24) is 5.09 Å². The average Bonchev–Trinajstić information content (AvgIpc) is 1.60. The van der Waals surface area contributed by atoms with Crippen molar-refractivity contribution in [2.24, 2.45) is 0 Å². The summed E-state index contributed by atoms with van der Waals surface area (Å²) >= 11 is 0. The minimum Gasteiger partial charge on any atom is -0.480 e. The van der Waals surface area contributed by atoms with Crippen LogP contribution in [0.1, 0.15) is 6.92 Å². The number of hydrogen-bond acceptors (Lipinski definition) is 2. The number of carbonyl (C=O) groups is 1. The van der Waals surface area contributed by atoms with Gasteiger partial charge in [0.1, 0.15) is 13.3 Å². The Morgan fingerprint density at radius 2 is 2.00 bits per heavy atom. The zero-order valence-corrected chi connectivity index (χ0v) is 7.18. The fourth-order valence-corrected chi connectivity index (χ4v) is 1.56. The number of aliphatic carboxylic acids is 1. The third-order valence-corrected chi connectivity index (χ3v) is 1.88. The fourth-order valence-electron chi connectivity index (χ4n) is 0.522. The summed E-state index contributed by atoms with van der Waals surface area (Å²) in [5.41, 5.74) is 0. The highest BCUT2D eigenvalue weighted by atomic mass is 31.2. The lowest BCUT2D eigenvalue weighted by Gasteiger charge is -2.12. The maximum Gasteiger partial charge on any atom is 0.320 e. The molecule has 0 radical (unpaired) electrons. The molecule has 0 aromatic heterocycles. The van der Waals surface area contributed by atoms with Gasteiger partial charge < -0.3 is 9.67 Å². The predicted octanol–water partition coefficient (Wildman–Crippen LogP) is 0.587. The van der Waals surface area contributed by atoms with Crippen LogP contribution in [0, 0.1) is 0 Å². The summed E-state index contributed by atoms with van der Waals surface area (Å²) in [6.07, 6.45) is 0. The van der Waals surface area contributed by atoms with Crippen molar-refractivity contribution < 1.29 is 14.5 Å². The highest BCUT2D eigenvalue weighted by Gasteiger charge is 2.16. The van der Waals surface area contributed by atoms with E-state index in [1.165, 1.54) is 20.3 Å². The van der Waals surface area contributed by atoms with Gasteiger partial charge >= 0.3 is 5.97 Å². The molecule has 0 aromatic carbocycles. The van der Waals surface area contributed by atoms with Crippen molar-refractivity contribution in [3.05, 3.63) is 0 Å². The van der Waals surface area contributed by atoms with Gasteiger partial charge in [0.2, 0.25) is 0 Å². The maximum absolute atomic E-state index is 11.0. The number of carboxylic acids is 1. The van der Waals surface area contributed by atoms with E-state index in [4.69, 9.17) is 5.11 Å². The van der Waals surface area contributed by atoms with E-state index < -0.39 is 19.3 Å². The van der Waals surface area contributed by atoms with Crippen molar-refractivity contribution in [2.45, 2.75) is 13.0 Å². The second-order valence-corrected chi connectivity index (χ2v) is 5.50. The van der Waals surface area contributed by atoms with Crippen molar-refractivity contribution in [2.75, 3.05) is 13.3 Å². The van der Waals surface area contributed by atoms with Crippen molar-refractivity contribution in [3.8, 4) is 0 Å². The molecular formula is C5H12NO3P. The van der Waals surface area contributed by atoms with E-state index in [0.29, 0.717) is 0 Å². The van der Waals surface area contributed by atoms with Crippen molar-refractivity contribution >= 4 is 13.3 Å². The zero-order valence-electron chi connectivity index (χ0n) is 6.29. The predicted molar refractivity (Wildman–Crippen MR) is 39.7 cm³/mol. The number of carboxylic acid groups (broad SMARTS) is 1. The van der Waals surface area contributed by atoms with Gasteiger partial charge in [-0.2, -0.15) is 0 Å². The Hall–Kier alpha value is -0.340. The van der Waals surface area contributed by atoms with Crippen LogP contribution < -0.4 is 5.09 Å². The zero-order chi connectivity index (χ0) is 8.36. The van der Waals surface area contributed by atoms with Crippen LogP contribution in [0.3, 0.4) is 0 Å². The normalized spacial score (nSPS) is 14.7. The first kappa shape index (κ1) is 9.66. The Bertz CT molecular complexity index is 174. The quantitative estimate of drug-likeness (QED) is 0.600. The minimum atomic E-state index is -2.41. The second-order valence-electron chi connectivity index (χ2n) is 2.54. The molecule has 5 heteroatoms. The smallest absolute Gasteiger partial charge is 0.320 e. The molecule has 0 spiro atoms. The van der Waals surface area contributed by atoms with Crippen LogP contribution in [-0.4, -0.2) is 30.4 Å². The number of hydrogen-bond donors (Lipinski definition) is 2. The van der Waals surface area contributed by atoms with Gasteiger partial charge in [-0.3, -0.25) is 9.88 Å². The minimum absolute atomic E-state index is 0.735. The Morgan fingerprint density at radius 3 is 2.10 bits per heavy atom. The van der Waals surface area contributed by atoms with Crippen molar-refractivity contribution in [1.29, 1.82) is 0 Å². The van der Waals surface area contributed by atoms with Gasteiger partial charge in [0.25, 0.3) is 0 Å². The third-order valence-electron chi connectivity index (χ3n) is 0.875. The van der Waals surface area contributed by atoms with Crippen LogP contribution in [0.15, 0.2) is 0 Å². The van der Waals surface area contributed by atoms with Crippen LogP contribution in [0.2, 0.25) is 0 Å². The van der Waals surface area contributed by atoms with Gasteiger partial charge in [-0.1, -0.05) is 0 Å². The molecule has 4 nitrogen and oxygen atoms in total. The number of nitrogens with one attached hydrogen (secondary N) is 1. The SMILES string of the molecule is CC(NP(C)(C)=O)C(=O)O. The van der Waals surface area contributed by atoms with E-state index in [-0.39, 0.29) is 0 Å². The summed E-state index contributed by atoms with van der Waals surface area (Å²) in [6.45, 7) is 4.45. The first-order chi connectivity index (χ1) is 4.33. The highest BCUT2D eigenvalue weighted by molar-refractivity contribution is 7.60. The van der Waals surface area contributed by atoms with E-state index in [2.05, 4.69) is 5.09 Å². The summed E-state index contributed by atoms with van der Waals surface area (Å²) in [5.74, 6) is -0.982. The monoisotopic (exact) mass is 165 g/mol. The molecule has 0 saturated carbocycles. The molecule has 1 atom stereocenters. The van der Waals surface area contributed by atoms with Gasteiger partial charge in [-0.05, 0) is 6.92 Å². The molecule has 0 fully saturated rings. The molecule has 0 rings (SSSR count). The van der Waals surface area contributed by atoms with Gasteiger partial charge in [-0.25, -0.2) is 0 Å². The van der Waals surface area contributed by atoms with Gasteiger partial charge in [-0.15, -0.1) is 0 Å². The standard InChI is InChI=1S/C5H12NO3P/c1-4(5(7)8)6-10(2,3)9/h4H,1-3H3,(H,6,9)(H,7,8). The summed E-state index contributed by atoms with van der Waals surface area (Å²) < 4.78 is 11.0. The summed E-state index contributed by atoms with van der Waals surface area (Å²) in [4.78, 5) is 10.2. The van der Waals surface area contributed by atoms with E-state index in [0.717, 1.165) is 0 Å². The van der Waals surface area contributed by atoms with E-state index >= 15 is 0 Å². The van der Waals surface area contributed by atoms with Crippen LogP contribution >= 0.6 is 7.29 Å². The molecule has 0 saturated heterocycles. The van der Waals surface area contributed by atoms with Crippen molar-refractivity contribution in [3.63, 3.8) is 0 Å². The Morgan fingerprint density at radius 1 is 1.60 bits per heavy atom. The lowest BCUT2D eigenvalue weighted by atomic mass is 10.4. The van der Waals surface area contributed by atoms with Crippen LogP contribution in [0.5, 0.6) is 0 Å². The average molecular weight is 165 g/mol. The first-order valence-electron chi connectivity index (χ1n) is 2.88. The molecule has 0 aromatic rings. The Balaban J connectivity index is 3.93. The molecule has 0 aliphatic carbocycles. The molecule has 0 aliphatic rings. The molecule has 0 aliphatic heterocycles. The van der Waals surface area contributed by atoms with Gasteiger partial charge in [0.15, 0.2) is 0 Å². The topological polar surface area (TPSA) is 66.4 Å². The molecule has 0 bridgehead atoms. The molecule has 1 unspecified atom stereocenters. The lowest BCUT2D eigenvalue weighted by molar-refractivity contribution is -0.138. The highest BCUT2D eigenvalue weighted by Crippen LogP contribution is 2.30. The van der Waals surface area contributed by atoms with Crippen LogP contribution in [-0.2, 0) is 9.36 Å². The van der Waals surface area contributed by atoms with Gasteiger partial charge in [0.05, 0.1) is 0 Å². The summed E-state index contributed by atoms with van der Waals surface area (Å²) in [6, 6.07) is -0.735. The molecule has 2 N–H and O–H groups in total. The number of rotatable bonds is 3.